The average molecular weight is 451 g/mol. The molecule has 4 rings (SSSR count). The molecule has 3 aromatic heterocycles. The summed E-state index contributed by atoms with van der Waals surface area (Å²) in [7, 11) is 0. The molecule has 7 nitrogen and oxygen atoms in total. The Balaban J connectivity index is 1.44. The zero-order valence-electron chi connectivity index (χ0n) is 16.8. The van der Waals surface area contributed by atoms with Gasteiger partial charge in [0, 0.05) is 5.39 Å². The van der Waals surface area contributed by atoms with E-state index in [-0.39, 0.29) is 0 Å². The number of amides is 1. The minimum Gasteiger partial charge on any atom is -0.451 e. The maximum absolute atomic E-state index is 12.5. The van der Waals surface area contributed by atoms with Crippen LogP contribution >= 0.6 is 22.7 Å². The van der Waals surface area contributed by atoms with E-state index < -0.39 is 18.5 Å². The second-order valence-corrected chi connectivity index (χ2v) is 8.90. The maximum atomic E-state index is 12.5. The number of anilines is 1. The lowest BCUT2D eigenvalue weighted by molar-refractivity contribution is -0.119. The van der Waals surface area contributed by atoms with E-state index in [9.17, 15) is 9.59 Å². The van der Waals surface area contributed by atoms with Gasteiger partial charge in [0.25, 0.3) is 5.91 Å². The van der Waals surface area contributed by atoms with E-state index in [2.05, 4.69) is 34.7 Å². The van der Waals surface area contributed by atoms with Gasteiger partial charge in [-0.25, -0.2) is 4.79 Å². The molecule has 0 saturated heterocycles. The average Bonchev–Trinajstić information content (AvgIpc) is 3.45. The van der Waals surface area contributed by atoms with Gasteiger partial charge in [0.15, 0.2) is 6.61 Å². The van der Waals surface area contributed by atoms with Gasteiger partial charge in [-0.3, -0.25) is 9.48 Å². The molecule has 156 valence electrons. The Morgan fingerprint density at radius 3 is 2.74 bits per heavy atom. The van der Waals surface area contributed by atoms with E-state index >= 15 is 0 Å². The van der Waals surface area contributed by atoms with E-state index in [4.69, 9.17) is 10.00 Å². The second-order valence-electron chi connectivity index (χ2n) is 6.96. The topological polar surface area (TPSA) is 97.0 Å². The number of aromatic nitrogens is 2. The number of esters is 1. The number of nitrogens with one attached hydrogen (secondary N) is 1. The molecule has 0 unspecified atom stereocenters. The summed E-state index contributed by atoms with van der Waals surface area (Å²) in [6.45, 7) is 4.12. The molecule has 1 amide bonds. The molecule has 0 aliphatic rings. The molecule has 0 bridgehead atoms. The SMILES string of the molecule is Cc1ccc(Cn2nc(C)c3cc(C(=O)OCC(=O)Nc4sccc4C#N)sc32)cc1. The third-order valence-electron chi connectivity index (χ3n) is 4.63. The highest BCUT2D eigenvalue weighted by molar-refractivity contribution is 7.20. The molecular formula is C22H18N4O3S2. The third kappa shape index (κ3) is 4.50. The molecule has 3 heterocycles. The number of hydrogen-bond donors (Lipinski definition) is 1. The van der Waals surface area contributed by atoms with Gasteiger partial charge in [-0.05, 0) is 36.9 Å². The van der Waals surface area contributed by atoms with Gasteiger partial charge in [0.2, 0.25) is 0 Å². The van der Waals surface area contributed by atoms with Crippen LogP contribution in [0.25, 0.3) is 10.2 Å². The van der Waals surface area contributed by atoms with Crippen LogP contribution in [-0.4, -0.2) is 28.3 Å². The minimum absolute atomic E-state index is 0.378. The van der Waals surface area contributed by atoms with E-state index in [1.165, 1.54) is 28.2 Å². The van der Waals surface area contributed by atoms with Crippen molar-refractivity contribution in [2.24, 2.45) is 0 Å². The number of nitrogens with zero attached hydrogens (tertiary/aromatic N) is 3. The van der Waals surface area contributed by atoms with E-state index in [1.54, 1.807) is 17.5 Å². The number of carbonyl (C=O) groups is 2. The quantitative estimate of drug-likeness (QED) is 0.437. The summed E-state index contributed by atoms with van der Waals surface area (Å²) < 4.78 is 7.05. The van der Waals surface area contributed by atoms with Crippen molar-refractivity contribution < 1.29 is 14.3 Å². The van der Waals surface area contributed by atoms with Crippen LogP contribution in [-0.2, 0) is 16.1 Å². The standard InChI is InChI=1S/C22H18N4O3S2/c1-13-3-5-15(6-4-13)11-26-21-17(14(2)25-26)9-18(31-21)22(28)29-12-19(27)24-20-16(10-23)7-8-30-20/h3-9H,11-12H2,1-2H3,(H,24,27). The number of nitriles is 1. The number of carbonyl (C=O) groups excluding carboxylic acids is 2. The highest BCUT2D eigenvalue weighted by Crippen LogP contribution is 2.29. The van der Waals surface area contributed by atoms with Gasteiger partial charge >= 0.3 is 5.97 Å². The van der Waals surface area contributed by atoms with Crippen molar-refractivity contribution in [1.29, 1.82) is 5.26 Å². The van der Waals surface area contributed by atoms with Gasteiger partial charge in [-0.1, -0.05) is 29.8 Å². The molecule has 9 heteroatoms. The van der Waals surface area contributed by atoms with Crippen molar-refractivity contribution >= 4 is 49.8 Å². The largest absolute Gasteiger partial charge is 0.451 e. The summed E-state index contributed by atoms with van der Waals surface area (Å²) in [6.07, 6.45) is 0. The van der Waals surface area contributed by atoms with Crippen molar-refractivity contribution in [3.63, 3.8) is 0 Å². The fourth-order valence-electron chi connectivity index (χ4n) is 3.05. The Morgan fingerprint density at radius 1 is 1.23 bits per heavy atom. The van der Waals surface area contributed by atoms with Crippen LogP contribution in [0.1, 0.15) is 32.1 Å². The first-order chi connectivity index (χ1) is 14.9. The lowest BCUT2D eigenvalue weighted by Gasteiger charge is -2.05. The molecule has 4 aromatic rings. The van der Waals surface area contributed by atoms with E-state index in [0.717, 1.165) is 21.5 Å². The molecule has 0 spiro atoms. The zero-order chi connectivity index (χ0) is 22.0. The first kappa shape index (κ1) is 20.8. The first-order valence-electron chi connectivity index (χ1n) is 9.41. The van der Waals surface area contributed by atoms with E-state index in [0.29, 0.717) is 22.0 Å². The Bertz CT molecular complexity index is 1310. The highest BCUT2D eigenvalue weighted by Gasteiger charge is 2.19. The molecule has 0 saturated carbocycles. The molecule has 0 aliphatic heterocycles. The van der Waals surface area contributed by atoms with Crippen LogP contribution in [0.4, 0.5) is 5.00 Å². The molecule has 0 atom stereocenters. The molecule has 1 N–H and O–H groups in total. The number of rotatable bonds is 6. The Morgan fingerprint density at radius 2 is 2.00 bits per heavy atom. The van der Waals surface area contributed by atoms with Gasteiger partial charge in [-0.15, -0.1) is 22.7 Å². The summed E-state index contributed by atoms with van der Waals surface area (Å²) in [6, 6.07) is 13.6. The van der Waals surface area contributed by atoms with E-state index in [1.807, 2.05) is 24.6 Å². The number of hydrogen-bond acceptors (Lipinski definition) is 7. The predicted octanol–water partition coefficient (Wildman–Crippen LogP) is 4.49. The van der Waals surface area contributed by atoms with Gasteiger partial charge in [0.1, 0.15) is 20.8 Å². The van der Waals surface area contributed by atoms with Crippen LogP contribution < -0.4 is 5.32 Å². The summed E-state index contributed by atoms with van der Waals surface area (Å²) in [5.74, 6) is -1.06. The smallest absolute Gasteiger partial charge is 0.348 e. The molecule has 0 radical (unpaired) electrons. The minimum atomic E-state index is -0.565. The number of thiophene rings is 2. The van der Waals surface area contributed by atoms with Crippen LogP contribution in [0.5, 0.6) is 0 Å². The Hall–Kier alpha value is -3.48. The van der Waals surface area contributed by atoms with Gasteiger partial charge < -0.3 is 10.1 Å². The fraction of sp³-hybridized carbons (Fsp3) is 0.182. The summed E-state index contributed by atoms with van der Waals surface area (Å²) in [4.78, 5) is 25.9. The summed E-state index contributed by atoms with van der Waals surface area (Å²) in [5, 5.41) is 19.2. The van der Waals surface area contributed by atoms with Crippen LogP contribution in [0.3, 0.4) is 0 Å². The third-order valence-corrected chi connectivity index (χ3v) is 6.59. The van der Waals surface area contributed by atoms with Crippen molar-refractivity contribution in [3.8, 4) is 6.07 Å². The van der Waals surface area contributed by atoms with Gasteiger partial charge in [0.05, 0.1) is 17.8 Å². The molecule has 1 aromatic carbocycles. The first-order valence-corrected chi connectivity index (χ1v) is 11.1. The fourth-order valence-corrected chi connectivity index (χ4v) is 4.85. The van der Waals surface area contributed by atoms with Gasteiger partial charge in [-0.2, -0.15) is 10.4 Å². The summed E-state index contributed by atoms with van der Waals surface area (Å²) in [5.41, 5.74) is 3.52. The van der Waals surface area contributed by atoms with Crippen molar-refractivity contribution in [1.82, 2.24) is 9.78 Å². The highest BCUT2D eigenvalue weighted by atomic mass is 32.1. The lowest BCUT2D eigenvalue weighted by atomic mass is 10.1. The number of ether oxygens (including phenoxy) is 1. The number of benzene rings is 1. The second kappa shape index (κ2) is 8.71. The lowest BCUT2D eigenvalue weighted by Crippen LogP contribution is -2.20. The Labute approximate surface area is 186 Å². The summed E-state index contributed by atoms with van der Waals surface area (Å²) >= 11 is 2.53. The van der Waals surface area contributed by atoms with Crippen molar-refractivity contribution in [2.75, 3.05) is 11.9 Å². The zero-order valence-corrected chi connectivity index (χ0v) is 18.5. The predicted molar refractivity (Wildman–Crippen MR) is 121 cm³/mol. The molecular weight excluding hydrogens is 432 g/mol. The van der Waals surface area contributed by atoms with Crippen molar-refractivity contribution in [2.45, 2.75) is 20.4 Å². The number of fused-ring (bicyclic) bond motifs is 1. The molecule has 0 fully saturated rings. The monoisotopic (exact) mass is 450 g/mol. The molecule has 0 aliphatic carbocycles. The van der Waals surface area contributed by atoms with Crippen LogP contribution in [0.15, 0.2) is 41.8 Å². The molecule has 31 heavy (non-hydrogen) atoms. The van der Waals surface area contributed by atoms with Crippen LogP contribution in [0.2, 0.25) is 0 Å². The maximum Gasteiger partial charge on any atom is 0.348 e. The Kier molecular flexibility index (Phi) is 5.84. The number of aryl methyl sites for hydroxylation is 2. The van der Waals surface area contributed by atoms with Crippen LogP contribution in [0, 0.1) is 25.2 Å². The van der Waals surface area contributed by atoms with Crippen molar-refractivity contribution in [3.05, 3.63) is 69.0 Å². The normalized spacial score (nSPS) is 10.7.